The van der Waals surface area contributed by atoms with Gasteiger partial charge in [0.2, 0.25) is 0 Å². The highest BCUT2D eigenvalue weighted by atomic mass is 31.2. The Bertz CT molecular complexity index is 679. The molecule has 10 nitrogen and oxygen atoms in total. The molecule has 0 aliphatic carbocycles. The van der Waals surface area contributed by atoms with Crippen molar-refractivity contribution in [3.05, 3.63) is 33.1 Å². The second-order valence-corrected chi connectivity index (χ2v) is 6.66. The zero-order valence-electron chi connectivity index (χ0n) is 11.9. The molecule has 0 spiro atoms. The van der Waals surface area contributed by atoms with Crippen molar-refractivity contribution in [1.82, 2.24) is 9.55 Å². The Labute approximate surface area is 124 Å². The SMILES string of the molecule is CO[C@@H]1[C@H](OP(C)(=O)O)[C@@H](CO)O[C@H]1n1ccc(=O)[nH]c1=O. The standard InChI is InChI=1S/C11H17N2O8P/c1-19-9-8(21-22(2,17)18)6(5-14)20-10(9)13-4-3-7(15)12-11(13)16/h3-4,6,8-10,14H,5H2,1-2H3,(H,17,18)(H,12,15,16)/t6-,8-,9-,10-/m1/s1. The van der Waals surface area contributed by atoms with E-state index in [1.54, 1.807) is 0 Å². The lowest BCUT2D eigenvalue weighted by Gasteiger charge is -2.24. The molecule has 0 bridgehead atoms. The molecule has 22 heavy (non-hydrogen) atoms. The van der Waals surface area contributed by atoms with Crippen LogP contribution in [0.15, 0.2) is 21.9 Å². The van der Waals surface area contributed by atoms with Crippen LogP contribution < -0.4 is 11.2 Å². The van der Waals surface area contributed by atoms with Gasteiger partial charge in [-0.3, -0.25) is 23.4 Å². The minimum absolute atomic E-state index is 0.501. The highest BCUT2D eigenvalue weighted by Gasteiger charge is 2.48. The Morgan fingerprint density at radius 3 is 2.64 bits per heavy atom. The minimum Gasteiger partial charge on any atom is -0.394 e. The number of methoxy groups -OCH3 is 1. The maximum Gasteiger partial charge on any atom is 0.330 e. The first-order valence-corrected chi connectivity index (χ1v) is 8.38. The maximum absolute atomic E-state index is 11.8. The number of aliphatic hydroxyl groups is 1. The molecule has 0 saturated carbocycles. The summed E-state index contributed by atoms with van der Waals surface area (Å²) in [6.07, 6.45) is -2.77. The van der Waals surface area contributed by atoms with Crippen LogP contribution in [0, 0.1) is 0 Å². The number of hydrogen-bond acceptors (Lipinski definition) is 7. The lowest BCUT2D eigenvalue weighted by molar-refractivity contribution is -0.0625. The number of H-pyrrole nitrogens is 1. The normalized spacial score (nSPS) is 31.1. The van der Waals surface area contributed by atoms with Gasteiger partial charge in [-0.2, -0.15) is 0 Å². The summed E-state index contributed by atoms with van der Waals surface area (Å²) in [7, 11) is -2.56. The van der Waals surface area contributed by atoms with Gasteiger partial charge in [-0.1, -0.05) is 0 Å². The zero-order chi connectivity index (χ0) is 16.5. The number of aromatic amines is 1. The van der Waals surface area contributed by atoms with E-state index in [9.17, 15) is 24.2 Å². The van der Waals surface area contributed by atoms with E-state index in [-0.39, 0.29) is 0 Å². The molecule has 0 amide bonds. The van der Waals surface area contributed by atoms with Gasteiger partial charge in [-0.15, -0.1) is 0 Å². The lowest BCUT2D eigenvalue weighted by atomic mass is 10.1. The van der Waals surface area contributed by atoms with Gasteiger partial charge >= 0.3 is 13.3 Å². The summed E-state index contributed by atoms with van der Waals surface area (Å²) in [6.45, 7) is 0.493. The van der Waals surface area contributed by atoms with Crippen LogP contribution >= 0.6 is 7.60 Å². The fourth-order valence-corrected chi connectivity index (χ4v) is 3.02. The molecule has 0 aromatic carbocycles. The summed E-state index contributed by atoms with van der Waals surface area (Å²) < 4.78 is 28.3. The number of nitrogens with one attached hydrogen (secondary N) is 1. The lowest BCUT2D eigenvalue weighted by Crippen LogP contribution is -2.39. The highest BCUT2D eigenvalue weighted by Crippen LogP contribution is 2.44. The van der Waals surface area contributed by atoms with E-state index in [0.29, 0.717) is 0 Å². The number of nitrogens with zero attached hydrogens (tertiary/aromatic N) is 1. The van der Waals surface area contributed by atoms with Gasteiger partial charge in [0.05, 0.1) is 6.61 Å². The largest absolute Gasteiger partial charge is 0.394 e. The zero-order valence-corrected chi connectivity index (χ0v) is 12.8. The van der Waals surface area contributed by atoms with Crippen LogP contribution in [0.4, 0.5) is 0 Å². The summed E-state index contributed by atoms with van der Waals surface area (Å²) in [5.74, 6) is 0. The van der Waals surface area contributed by atoms with E-state index >= 15 is 0 Å². The van der Waals surface area contributed by atoms with E-state index in [1.807, 2.05) is 0 Å². The highest BCUT2D eigenvalue weighted by molar-refractivity contribution is 7.51. The molecule has 3 N–H and O–H groups in total. The van der Waals surface area contributed by atoms with E-state index in [2.05, 4.69) is 4.98 Å². The van der Waals surface area contributed by atoms with Gasteiger partial charge in [-0.05, 0) is 0 Å². The van der Waals surface area contributed by atoms with Crippen LogP contribution in [0.25, 0.3) is 0 Å². The average Bonchev–Trinajstić information content (AvgIpc) is 2.74. The van der Waals surface area contributed by atoms with Crippen molar-refractivity contribution < 1.29 is 28.6 Å². The van der Waals surface area contributed by atoms with Gasteiger partial charge in [0, 0.05) is 26.0 Å². The van der Waals surface area contributed by atoms with E-state index < -0.39 is 50.0 Å². The van der Waals surface area contributed by atoms with Gasteiger partial charge in [0.25, 0.3) is 5.56 Å². The van der Waals surface area contributed by atoms with Crippen LogP contribution in [0.2, 0.25) is 0 Å². The molecule has 2 heterocycles. The van der Waals surface area contributed by atoms with Crippen LogP contribution in [-0.4, -0.2) is 58.2 Å². The quantitative estimate of drug-likeness (QED) is 0.560. The number of hydrogen-bond donors (Lipinski definition) is 3. The van der Waals surface area contributed by atoms with E-state index in [4.69, 9.17) is 14.0 Å². The van der Waals surface area contributed by atoms with Crippen molar-refractivity contribution in [2.45, 2.75) is 24.5 Å². The topological polar surface area (TPSA) is 140 Å². The van der Waals surface area contributed by atoms with Crippen LogP contribution in [0.1, 0.15) is 6.23 Å². The third-order valence-corrected chi connectivity index (χ3v) is 3.81. The molecule has 1 aliphatic heterocycles. The van der Waals surface area contributed by atoms with E-state index in [1.165, 1.54) is 13.3 Å². The summed E-state index contributed by atoms with van der Waals surface area (Å²) in [5.41, 5.74) is -1.31. The fourth-order valence-electron chi connectivity index (χ4n) is 2.31. The first kappa shape index (κ1) is 17.1. The Morgan fingerprint density at radius 1 is 1.45 bits per heavy atom. The Kier molecular flexibility index (Phi) is 5.00. The number of ether oxygens (including phenoxy) is 2. The fraction of sp³-hybridized carbons (Fsp3) is 0.636. The minimum atomic E-state index is -3.87. The van der Waals surface area contributed by atoms with Crippen molar-refractivity contribution in [3.63, 3.8) is 0 Å². The van der Waals surface area contributed by atoms with Gasteiger partial charge in [-0.25, -0.2) is 4.79 Å². The smallest absolute Gasteiger partial charge is 0.330 e. The van der Waals surface area contributed by atoms with Crippen molar-refractivity contribution in [2.75, 3.05) is 20.4 Å². The third-order valence-electron chi connectivity index (χ3n) is 3.18. The molecule has 124 valence electrons. The monoisotopic (exact) mass is 336 g/mol. The van der Waals surface area contributed by atoms with Crippen molar-refractivity contribution in [2.24, 2.45) is 0 Å². The first-order chi connectivity index (χ1) is 10.3. The molecular formula is C11H17N2O8P. The van der Waals surface area contributed by atoms with Crippen molar-refractivity contribution in [3.8, 4) is 0 Å². The summed E-state index contributed by atoms with van der Waals surface area (Å²) in [6, 6.07) is 1.12. The molecule has 1 saturated heterocycles. The van der Waals surface area contributed by atoms with Crippen LogP contribution in [0.3, 0.4) is 0 Å². The Hall–Kier alpha value is -1.29. The number of aliphatic hydroxyl groups excluding tert-OH is 1. The molecule has 5 atom stereocenters. The van der Waals surface area contributed by atoms with Gasteiger partial charge in [0.15, 0.2) is 6.23 Å². The van der Waals surface area contributed by atoms with Crippen molar-refractivity contribution in [1.29, 1.82) is 0 Å². The Morgan fingerprint density at radius 2 is 2.14 bits per heavy atom. The second kappa shape index (κ2) is 6.45. The summed E-state index contributed by atoms with van der Waals surface area (Å²) >= 11 is 0. The molecular weight excluding hydrogens is 319 g/mol. The molecule has 1 aromatic rings. The van der Waals surface area contributed by atoms with E-state index in [0.717, 1.165) is 17.3 Å². The number of rotatable bonds is 5. The third kappa shape index (κ3) is 3.54. The molecule has 1 aliphatic rings. The maximum atomic E-state index is 11.8. The molecule has 0 radical (unpaired) electrons. The number of aromatic nitrogens is 2. The first-order valence-electron chi connectivity index (χ1n) is 6.36. The molecule has 2 rings (SSSR count). The van der Waals surface area contributed by atoms with Crippen molar-refractivity contribution >= 4 is 7.60 Å². The van der Waals surface area contributed by atoms with Gasteiger partial charge in [0.1, 0.15) is 18.3 Å². The second-order valence-electron chi connectivity index (χ2n) is 4.84. The predicted octanol–water partition coefficient (Wildman–Crippen LogP) is -1.36. The van der Waals surface area contributed by atoms with Crippen LogP contribution in [-0.2, 0) is 18.6 Å². The molecule has 1 unspecified atom stereocenters. The average molecular weight is 336 g/mol. The van der Waals surface area contributed by atoms with Crippen LogP contribution in [0.5, 0.6) is 0 Å². The van der Waals surface area contributed by atoms with Gasteiger partial charge < -0.3 is 19.5 Å². The molecule has 11 heteroatoms. The Balaban J connectivity index is 2.38. The molecule has 1 fully saturated rings. The molecule has 1 aromatic heterocycles. The predicted molar refractivity (Wildman–Crippen MR) is 73.7 cm³/mol. The summed E-state index contributed by atoms with van der Waals surface area (Å²) in [5, 5.41) is 9.35. The summed E-state index contributed by atoms with van der Waals surface area (Å²) in [4.78, 5) is 34.4.